The Bertz CT molecular complexity index is 925. The van der Waals surface area contributed by atoms with Gasteiger partial charge in [0.2, 0.25) is 5.91 Å². The summed E-state index contributed by atoms with van der Waals surface area (Å²) in [7, 11) is 0. The van der Waals surface area contributed by atoms with Crippen molar-refractivity contribution in [1.82, 2.24) is 10.6 Å². The van der Waals surface area contributed by atoms with Crippen LogP contribution in [-0.4, -0.2) is 18.0 Å². The van der Waals surface area contributed by atoms with E-state index in [1.807, 2.05) is 0 Å². The van der Waals surface area contributed by atoms with Crippen molar-refractivity contribution in [3.8, 4) is 0 Å². The fraction of sp³-hybridized carbons (Fsp3) is 0.345. The largest absolute Gasteiger partial charge is 0.352 e. The van der Waals surface area contributed by atoms with Crippen molar-refractivity contribution in [3.05, 3.63) is 107 Å². The smallest absolute Gasteiger partial charge is 0.237 e. The fourth-order valence-corrected chi connectivity index (χ4v) is 4.62. The number of hydrogen-bond donors (Lipinski definition) is 2. The molecule has 0 saturated carbocycles. The molecule has 3 nitrogen and oxygen atoms in total. The number of hydrogen-bond acceptors (Lipinski definition) is 2. The minimum atomic E-state index is -0.143. The van der Waals surface area contributed by atoms with Crippen LogP contribution in [0.1, 0.15) is 47.9 Å². The fourth-order valence-electron chi connectivity index (χ4n) is 4.62. The van der Waals surface area contributed by atoms with E-state index in [1.165, 1.54) is 22.3 Å². The second kappa shape index (κ2) is 11.6. The monoisotopic (exact) mass is 426 g/mol. The van der Waals surface area contributed by atoms with Crippen LogP contribution < -0.4 is 10.6 Å². The number of benzene rings is 3. The van der Waals surface area contributed by atoms with Crippen molar-refractivity contribution < 1.29 is 4.79 Å². The first-order chi connectivity index (χ1) is 15.8. The summed E-state index contributed by atoms with van der Waals surface area (Å²) in [5.41, 5.74) is 5.33. The predicted molar refractivity (Wildman–Crippen MR) is 131 cm³/mol. The van der Waals surface area contributed by atoms with Gasteiger partial charge in [-0.05, 0) is 67.2 Å². The summed E-state index contributed by atoms with van der Waals surface area (Å²) in [6.45, 7) is 0.765. The third-order valence-corrected chi connectivity index (χ3v) is 6.47. The molecule has 166 valence electrons. The van der Waals surface area contributed by atoms with Gasteiger partial charge in [-0.1, -0.05) is 84.9 Å². The molecule has 0 bridgehead atoms. The molecule has 0 fully saturated rings. The molecule has 1 atom stereocenters. The van der Waals surface area contributed by atoms with Crippen LogP contribution in [0.25, 0.3) is 0 Å². The van der Waals surface area contributed by atoms with Crippen LogP contribution in [0.5, 0.6) is 0 Å². The van der Waals surface area contributed by atoms with E-state index in [4.69, 9.17) is 0 Å². The van der Waals surface area contributed by atoms with Crippen molar-refractivity contribution >= 4 is 5.91 Å². The first-order valence-electron chi connectivity index (χ1n) is 12.0. The Balaban J connectivity index is 1.32. The Kier molecular flexibility index (Phi) is 8.11. The minimum Gasteiger partial charge on any atom is -0.352 e. The van der Waals surface area contributed by atoms with Crippen LogP contribution in [0, 0.1) is 0 Å². The van der Waals surface area contributed by atoms with Gasteiger partial charge in [0, 0.05) is 12.6 Å². The highest BCUT2D eigenvalue weighted by molar-refractivity contribution is 5.82. The SMILES string of the molecule is O=C(NC(CCCc1ccccc1)CCCc1ccccc1)[C@@H]1Cc2ccccc2CN1. The van der Waals surface area contributed by atoms with Gasteiger partial charge in [0.05, 0.1) is 6.04 Å². The molecule has 4 rings (SSSR count). The lowest BCUT2D eigenvalue weighted by Gasteiger charge is -2.28. The molecular formula is C29H34N2O. The topological polar surface area (TPSA) is 41.1 Å². The molecular weight excluding hydrogens is 392 g/mol. The molecule has 0 radical (unpaired) electrons. The van der Waals surface area contributed by atoms with Gasteiger partial charge in [0.15, 0.2) is 0 Å². The summed E-state index contributed by atoms with van der Waals surface area (Å²) in [5.74, 6) is 0.143. The van der Waals surface area contributed by atoms with Crippen molar-refractivity contribution in [3.63, 3.8) is 0 Å². The Morgan fingerprint density at radius 2 is 1.31 bits per heavy atom. The number of nitrogens with one attached hydrogen (secondary N) is 2. The quantitative estimate of drug-likeness (QED) is 0.466. The minimum absolute atomic E-state index is 0.143. The maximum Gasteiger partial charge on any atom is 0.237 e. The highest BCUT2D eigenvalue weighted by Gasteiger charge is 2.25. The number of carbonyl (C=O) groups is 1. The summed E-state index contributed by atoms with van der Waals surface area (Å²) in [6.07, 6.45) is 7.07. The molecule has 3 heteroatoms. The van der Waals surface area contributed by atoms with Gasteiger partial charge in [-0.2, -0.15) is 0 Å². The summed E-state index contributed by atoms with van der Waals surface area (Å²) >= 11 is 0. The van der Waals surface area contributed by atoms with Gasteiger partial charge in [0.1, 0.15) is 0 Å². The van der Waals surface area contributed by atoms with Gasteiger partial charge < -0.3 is 10.6 Å². The first-order valence-corrected chi connectivity index (χ1v) is 12.0. The van der Waals surface area contributed by atoms with E-state index in [1.54, 1.807) is 0 Å². The van der Waals surface area contributed by atoms with Crippen molar-refractivity contribution in [1.29, 1.82) is 0 Å². The van der Waals surface area contributed by atoms with Crippen molar-refractivity contribution in [2.75, 3.05) is 0 Å². The lowest BCUT2D eigenvalue weighted by atomic mass is 9.94. The van der Waals surface area contributed by atoms with Gasteiger partial charge in [-0.15, -0.1) is 0 Å². The van der Waals surface area contributed by atoms with E-state index in [9.17, 15) is 4.79 Å². The van der Waals surface area contributed by atoms with Crippen LogP contribution in [0.15, 0.2) is 84.9 Å². The average Bonchev–Trinajstić information content (AvgIpc) is 2.85. The Hall–Kier alpha value is -2.91. The lowest BCUT2D eigenvalue weighted by Crippen LogP contribution is -2.50. The number of rotatable bonds is 10. The van der Waals surface area contributed by atoms with E-state index in [2.05, 4.69) is 95.6 Å². The van der Waals surface area contributed by atoms with E-state index >= 15 is 0 Å². The van der Waals surface area contributed by atoms with Gasteiger partial charge in [-0.25, -0.2) is 0 Å². The van der Waals surface area contributed by atoms with E-state index in [-0.39, 0.29) is 18.0 Å². The number of fused-ring (bicyclic) bond motifs is 1. The van der Waals surface area contributed by atoms with Crippen molar-refractivity contribution in [2.45, 2.75) is 63.6 Å². The third kappa shape index (κ3) is 6.54. The lowest BCUT2D eigenvalue weighted by molar-refractivity contribution is -0.124. The highest BCUT2D eigenvalue weighted by atomic mass is 16.2. The summed E-state index contributed by atoms with van der Waals surface area (Å²) in [6, 6.07) is 29.8. The molecule has 32 heavy (non-hydrogen) atoms. The van der Waals surface area contributed by atoms with Gasteiger partial charge >= 0.3 is 0 Å². The average molecular weight is 427 g/mol. The second-order valence-corrected chi connectivity index (χ2v) is 8.87. The van der Waals surface area contributed by atoms with E-state index in [0.29, 0.717) is 0 Å². The molecule has 1 aliphatic rings. The first kappa shape index (κ1) is 22.3. The summed E-state index contributed by atoms with van der Waals surface area (Å²) in [5, 5.41) is 6.82. The molecule has 3 aromatic rings. The second-order valence-electron chi connectivity index (χ2n) is 8.87. The number of aryl methyl sites for hydroxylation is 2. The zero-order valence-corrected chi connectivity index (χ0v) is 18.8. The predicted octanol–water partition coefficient (Wildman–Crippen LogP) is 5.23. The normalized spacial score (nSPS) is 15.3. The van der Waals surface area contributed by atoms with Crippen LogP contribution in [0.2, 0.25) is 0 Å². The van der Waals surface area contributed by atoms with Crippen molar-refractivity contribution in [2.24, 2.45) is 0 Å². The van der Waals surface area contributed by atoms with Crippen LogP contribution in [-0.2, 0) is 30.6 Å². The Labute approximate surface area is 192 Å². The maximum absolute atomic E-state index is 13.1. The third-order valence-electron chi connectivity index (χ3n) is 6.47. The van der Waals surface area contributed by atoms with E-state index < -0.39 is 0 Å². The standard InChI is InChI=1S/C29H34N2O/c32-29(28-21-25-17-7-8-18-26(25)22-30-28)31-27(19-9-15-23-11-3-1-4-12-23)20-10-16-24-13-5-2-6-14-24/h1-8,11-14,17-18,27-28,30H,9-10,15-16,19-22H2,(H,31,32)/t28-/m0/s1. The molecule has 0 spiro atoms. The Morgan fingerprint density at radius 3 is 1.91 bits per heavy atom. The molecule has 0 unspecified atom stereocenters. The highest BCUT2D eigenvalue weighted by Crippen LogP contribution is 2.18. The molecule has 3 aromatic carbocycles. The molecule has 0 aromatic heterocycles. The molecule has 0 aliphatic carbocycles. The van der Waals surface area contributed by atoms with Crippen LogP contribution in [0.3, 0.4) is 0 Å². The number of amides is 1. The summed E-state index contributed by atoms with van der Waals surface area (Å²) < 4.78 is 0. The zero-order valence-electron chi connectivity index (χ0n) is 18.8. The molecule has 1 heterocycles. The number of carbonyl (C=O) groups excluding carboxylic acids is 1. The van der Waals surface area contributed by atoms with E-state index in [0.717, 1.165) is 51.5 Å². The maximum atomic E-state index is 13.1. The van der Waals surface area contributed by atoms with Crippen LogP contribution >= 0.6 is 0 Å². The van der Waals surface area contributed by atoms with Gasteiger partial charge in [0.25, 0.3) is 0 Å². The Morgan fingerprint density at radius 1 is 0.781 bits per heavy atom. The molecule has 2 N–H and O–H groups in total. The summed E-state index contributed by atoms with van der Waals surface area (Å²) in [4.78, 5) is 13.1. The molecule has 1 amide bonds. The molecule has 1 aliphatic heterocycles. The van der Waals surface area contributed by atoms with Gasteiger partial charge in [-0.3, -0.25) is 4.79 Å². The zero-order chi connectivity index (χ0) is 22.0. The van der Waals surface area contributed by atoms with Crippen LogP contribution in [0.4, 0.5) is 0 Å². The molecule has 0 saturated heterocycles.